The average molecular weight is 294 g/mol. The normalized spacial score (nSPS) is 17.8. The monoisotopic (exact) mass is 294 g/mol. The van der Waals surface area contributed by atoms with Crippen LogP contribution in [0.2, 0.25) is 0 Å². The molecule has 6 heteroatoms. The molecule has 21 heavy (non-hydrogen) atoms. The molecule has 1 amide bonds. The number of amides is 1. The van der Waals surface area contributed by atoms with Crippen molar-refractivity contribution in [1.82, 2.24) is 20.2 Å². The highest BCUT2D eigenvalue weighted by Crippen LogP contribution is 2.18. The fourth-order valence-corrected chi connectivity index (χ4v) is 2.73. The van der Waals surface area contributed by atoms with Gasteiger partial charge in [-0.2, -0.15) is 0 Å². The summed E-state index contributed by atoms with van der Waals surface area (Å²) in [5.41, 5.74) is 1.09. The summed E-state index contributed by atoms with van der Waals surface area (Å²) in [6.07, 6.45) is 4.57. The van der Waals surface area contributed by atoms with Crippen LogP contribution in [0.1, 0.15) is 50.7 Å². The van der Waals surface area contributed by atoms with Gasteiger partial charge in [0.15, 0.2) is 0 Å². The zero-order chi connectivity index (χ0) is 15.2. The van der Waals surface area contributed by atoms with Crippen LogP contribution in [0.5, 0.6) is 0 Å². The minimum Gasteiger partial charge on any atom is -0.450 e. The van der Waals surface area contributed by atoms with Gasteiger partial charge in [0.05, 0.1) is 12.6 Å². The molecule has 2 rings (SSSR count). The summed E-state index contributed by atoms with van der Waals surface area (Å²) in [5, 5.41) is 3.65. The molecule has 0 bridgehead atoms. The Bertz CT molecular complexity index is 452. The number of likely N-dealkylation sites (tertiary alicyclic amines) is 1. The number of ether oxygens (including phenoxy) is 1. The molecule has 1 fully saturated rings. The molecule has 2 heterocycles. The lowest BCUT2D eigenvalue weighted by molar-refractivity contribution is 0.0940. The average Bonchev–Trinajstić information content (AvgIpc) is 2.92. The summed E-state index contributed by atoms with van der Waals surface area (Å²) in [5.74, 6) is 1.00. The number of imidazole rings is 1. The molecule has 1 atom stereocenters. The third kappa shape index (κ3) is 4.20. The summed E-state index contributed by atoms with van der Waals surface area (Å²) in [6.45, 7) is 7.95. The van der Waals surface area contributed by atoms with E-state index in [1.807, 2.05) is 20.0 Å². The van der Waals surface area contributed by atoms with Crippen molar-refractivity contribution in [3.05, 3.63) is 17.7 Å². The molecule has 0 unspecified atom stereocenters. The third-order valence-corrected chi connectivity index (χ3v) is 3.92. The van der Waals surface area contributed by atoms with Crippen LogP contribution in [0.3, 0.4) is 0 Å². The fraction of sp³-hybridized carbons (Fsp3) is 0.733. The second-order valence-electron chi connectivity index (χ2n) is 5.54. The largest absolute Gasteiger partial charge is 0.450 e. The van der Waals surface area contributed by atoms with Crippen LogP contribution in [0, 0.1) is 6.92 Å². The number of piperidine rings is 1. The van der Waals surface area contributed by atoms with Gasteiger partial charge in [-0.1, -0.05) is 6.92 Å². The van der Waals surface area contributed by atoms with Crippen molar-refractivity contribution in [3.63, 3.8) is 0 Å². The van der Waals surface area contributed by atoms with Crippen molar-refractivity contribution in [3.8, 4) is 0 Å². The minimum atomic E-state index is -0.190. The number of aryl methyl sites for hydroxylation is 1. The number of carbonyl (C=O) groups is 1. The summed E-state index contributed by atoms with van der Waals surface area (Å²) >= 11 is 0. The van der Waals surface area contributed by atoms with Crippen molar-refractivity contribution in [2.75, 3.05) is 19.7 Å². The van der Waals surface area contributed by atoms with Crippen molar-refractivity contribution < 1.29 is 9.53 Å². The fourth-order valence-electron chi connectivity index (χ4n) is 2.73. The number of nitrogens with one attached hydrogen (secondary N) is 2. The molecule has 1 aromatic heterocycles. The molecule has 0 radical (unpaired) electrons. The molecular formula is C15H26N4O2. The minimum absolute atomic E-state index is 0.190. The zero-order valence-electron chi connectivity index (χ0n) is 13.2. The molecule has 0 aliphatic carbocycles. The van der Waals surface area contributed by atoms with Gasteiger partial charge in [-0.3, -0.25) is 0 Å². The Morgan fingerprint density at radius 2 is 2.24 bits per heavy atom. The Hall–Kier alpha value is -1.56. The molecule has 0 saturated carbocycles. The van der Waals surface area contributed by atoms with E-state index in [0.29, 0.717) is 12.6 Å². The first-order valence-corrected chi connectivity index (χ1v) is 7.83. The SMILES string of the molecule is CCOC(=O)N1CCC(N[C@@H](CC)c2ncc(C)[nH]2)CC1. The molecule has 6 nitrogen and oxygen atoms in total. The van der Waals surface area contributed by atoms with Crippen LogP contribution in [0.25, 0.3) is 0 Å². The lowest BCUT2D eigenvalue weighted by Crippen LogP contribution is -2.46. The molecule has 0 aromatic carbocycles. The van der Waals surface area contributed by atoms with Crippen LogP contribution < -0.4 is 5.32 Å². The zero-order valence-corrected chi connectivity index (χ0v) is 13.2. The molecule has 0 spiro atoms. The van der Waals surface area contributed by atoms with Crippen LogP contribution in [-0.2, 0) is 4.74 Å². The number of aromatic amines is 1. The number of rotatable bonds is 5. The van der Waals surface area contributed by atoms with Gasteiger partial charge < -0.3 is 19.9 Å². The van der Waals surface area contributed by atoms with E-state index >= 15 is 0 Å². The van der Waals surface area contributed by atoms with Gasteiger partial charge in [0.25, 0.3) is 0 Å². The number of aromatic nitrogens is 2. The molecule has 1 aromatic rings. The first-order valence-electron chi connectivity index (χ1n) is 7.83. The van der Waals surface area contributed by atoms with E-state index in [9.17, 15) is 4.79 Å². The van der Waals surface area contributed by atoms with Crippen LogP contribution in [0.4, 0.5) is 4.79 Å². The van der Waals surface area contributed by atoms with Gasteiger partial charge in [-0.15, -0.1) is 0 Å². The topological polar surface area (TPSA) is 70.2 Å². The Morgan fingerprint density at radius 3 is 2.76 bits per heavy atom. The van der Waals surface area contributed by atoms with Gasteiger partial charge in [-0.25, -0.2) is 9.78 Å². The molecule has 1 saturated heterocycles. The van der Waals surface area contributed by atoms with E-state index in [1.54, 1.807) is 4.90 Å². The summed E-state index contributed by atoms with van der Waals surface area (Å²) in [7, 11) is 0. The van der Waals surface area contributed by atoms with Gasteiger partial charge >= 0.3 is 6.09 Å². The van der Waals surface area contributed by atoms with E-state index in [-0.39, 0.29) is 12.1 Å². The standard InChI is InChI=1S/C15H26N4O2/c1-4-13(14-16-10-11(3)17-14)18-12-6-8-19(9-7-12)15(20)21-5-2/h10,12-13,18H,4-9H2,1-3H3,(H,16,17)/t13-/m0/s1. The molecule has 2 N–H and O–H groups in total. The second kappa shape index (κ2) is 7.45. The summed E-state index contributed by atoms with van der Waals surface area (Å²) in [6, 6.07) is 0.670. The maximum Gasteiger partial charge on any atom is 0.409 e. The maximum atomic E-state index is 11.7. The number of nitrogens with zero attached hydrogens (tertiary/aromatic N) is 2. The molecule has 118 valence electrons. The Kier molecular flexibility index (Phi) is 5.61. The Labute approximate surface area is 126 Å². The van der Waals surface area contributed by atoms with E-state index in [0.717, 1.165) is 43.9 Å². The Balaban J connectivity index is 1.83. The number of carbonyl (C=O) groups excluding carboxylic acids is 1. The highest BCUT2D eigenvalue weighted by molar-refractivity contribution is 5.67. The van der Waals surface area contributed by atoms with Gasteiger partial charge in [-0.05, 0) is 33.1 Å². The van der Waals surface area contributed by atoms with Crippen molar-refractivity contribution >= 4 is 6.09 Å². The quantitative estimate of drug-likeness (QED) is 0.874. The van der Waals surface area contributed by atoms with Crippen LogP contribution in [0.15, 0.2) is 6.20 Å². The number of H-pyrrole nitrogens is 1. The van der Waals surface area contributed by atoms with E-state index in [2.05, 4.69) is 22.2 Å². The third-order valence-electron chi connectivity index (χ3n) is 3.92. The number of hydrogen-bond acceptors (Lipinski definition) is 4. The molecule has 1 aliphatic heterocycles. The summed E-state index contributed by atoms with van der Waals surface area (Å²) in [4.78, 5) is 21.2. The number of hydrogen-bond donors (Lipinski definition) is 2. The van der Waals surface area contributed by atoms with Crippen LogP contribution >= 0.6 is 0 Å². The Morgan fingerprint density at radius 1 is 1.52 bits per heavy atom. The predicted molar refractivity (Wildman–Crippen MR) is 81.1 cm³/mol. The molecular weight excluding hydrogens is 268 g/mol. The van der Waals surface area contributed by atoms with Crippen molar-refractivity contribution in [1.29, 1.82) is 0 Å². The van der Waals surface area contributed by atoms with Crippen LogP contribution in [-0.4, -0.2) is 46.7 Å². The van der Waals surface area contributed by atoms with E-state index in [4.69, 9.17) is 4.74 Å². The summed E-state index contributed by atoms with van der Waals surface area (Å²) < 4.78 is 5.04. The molecule has 1 aliphatic rings. The maximum absolute atomic E-state index is 11.7. The van der Waals surface area contributed by atoms with Crippen molar-refractivity contribution in [2.24, 2.45) is 0 Å². The first kappa shape index (κ1) is 15.8. The first-order chi connectivity index (χ1) is 10.1. The van der Waals surface area contributed by atoms with Gasteiger partial charge in [0, 0.05) is 31.0 Å². The predicted octanol–water partition coefficient (Wildman–Crippen LogP) is 2.38. The van der Waals surface area contributed by atoms with Gasteiger partial charge in [0.1, 0.15) is 5.82 Å². The lowest BCUT2D eigenvalue weighted by Gasteiger charge is -2.33. The van der Waals surface area contributed by atoms with Crippen molar-refractivity contribution in [2.45, 2.75) is 52.1 Å². The lowest BCUT2D eigenvalue weighted by atomic mass is 10.0. The highest BCUT2D eigenvalue weighted by atomic mass is 16.6. The van der Waals surface area contributed by atoms with E-state index < -0.39 is 0 Å². The highest BCUT2D eigenvalue weighted by Gasteiger charge is 2.25. The second-order valence-corrected chi connectivity index (χ2v) is 5.54. The van der Waals surface area contributed by atoms with Gasteiger partial charge in [0.2, 0.25) is 0 Å². The van der Waals surface area contributed by atoms with E-state index in [1.165, 1.54) is 0 Å². The smallest absolute Gasteiger partial charge is 0.409 e.